The molecular formula is C24H32FN3O6. The molecule has 1 aromatic carbocycles. The third-order valence-corrected chi connectivity index (χ3v) is 6.37. The van der Waals surface area contributed by atoms with Crippen LogP contribution in [0.3, 0.4) is 0 Å². The zero-order valence-electron chi connectivity index (χ0n) is 19.6. The van der Waals surface area contributed by atoms with Crippen molar-refractivity contribution in [1.82, 2.24) is 15.1 Å². The van der Waals surface area contributed by atoms with Crippen LogP contribution in [0.25, 0.3) is 0 Å². The van der Waals surface area contributed by atoms with E-state index in [1.54, 1.807) is 7.11 Å². The molecule has 0 aromatic heterocycles. The number of carbonyl (C=O) groups excluding carboxylic acids is 4. The number of rotatable bonds is 12. The van der Waals surface area contributed by atoms with Crippen LogP contribution in [-0.4, -0.2) is 92.5 Å². The second-order valence-electron chi connectivity index (χ2n) is 8.54. The Balaban J connectivity index is 1.57. The van der Waals surface area contributed by atoms with E-state index in [4.69, 9.17) is 9.47 Å². The van der Waals surface area contributed by atoms with Crippen LogP contribution in [0, 0.1) is 0 Å². The number of aldehydes is 1. The van der Waals surface area contributed by atoms with Gasteiger partial charge in [-0.2, -0.15) is 0 Å². The Morgan fingerprint density at radius 3 is 2.56 bits per heavy atom. The third kappa shape index (κ3) is 5.98. The number of piperidine rings is 1. The van der Waals surface area contributed by atoms with Crippen LogP contribution in [0.1, 0.15) is 52.8 Å². The highest BCUT2D eigenvalue weighted by Gasteiger charge is 2.42. The molecule has 2 aliphatic rings. The average Bonchev–Trinajstić information content (AvgIpc) is 3.11. The Morgan fingerprint density at radius 2 is 1.91 bits per heavy atom. The number of alkyl halides is 1. The Morgan fingerprint density at radius 1 is 1.21 bits per heavy atom. The number of likely N-dealkylation sites (tertiary alicyclic amines) is 1. The molecule has 1 N–H and O–H groups in total. The first kappa shape index (κ1) is 25.8. The number of nitrogens with zero attached hydrogens (tertiary/aromatic N) is 2. The van der Waals surface area contributed by atoms with Crippen molar-refractivity contribution in [3.8, 4) is 5.75 Å². The van der Waals surface area contributed by atoms with E-state index in [2.05, 4.69) is 10.2 Å². The second kappa shape index (κ2) is 12.0. The molecule has 0 radical (unpaired) electrons. The van der Waals surface area contributed by atoms with Crippen molar-refractivity contribution in [2.45, 2.75) is 50.4 Å². The van der Waals surface area contributed by atoms with Crippen LogP contribution in [0.2, 0.25) is 0 Å². The van der Waals surface area contributed by atoms with Gasteiger partial charge in [-0.1, -0.05) is 0 Å². The molecule has 3 rings (SSSR count). The number of amides is 3. The van der Waals surface area contributed by atoms with E-state index >= 15 is 0 Å². The number of methoxy groups -OCH3 is 1. The minimum atomic E-state index is -1.18. The summed E-state index contributed by atoms with van der Waals surface area (Å²) in [6.45, 7) is 2.23. The lowest BCUT2D eigenvalue weighted by atomic mass is 10.1. The van der Waals surface area contributed by atoms with Crippen LogP contribution >= 0.6 is 0 Å². The molecule has 1 saturated heterocycles. The number of halogens is 1. The average molecular weight is 478 g/mol. The summed E-state index contributed by atoms with van der Waals surface area (Å²) >= 11 is 0. The van der Waals surface area contributed by atoms with E-state index in [0.717, 1.165) is 30.8 Å². The molecule has 2 heterocycles. The van der Waals surface area contributed by atoms with Crippen molar-refractivity contribution in [2.24, 2.45) is 0 Å². The van der Waals surface area contributed by atoms with E-state index in [1.165, 1.54) is 25.2 Å². The van der Waals surface area contributed by atoms with Gasteiger partial charge < -0.3 is 24.5 Å². The first-order valence-electron chi connectivity index (χ1n) is 11.6. The minimum Gasteiger partial charge on any atom is -0.491 e. The maximum atomic E-state index is 14.4. The molecule has 1 fully saturated rings. The van der Waals surface area contributed by atoms with Gasteiger partial charge in [0, 0.05) is 40.2 Å². The molecule has 0 aliphatic carbocycles. The standard InChI is InChI=1S/C24H32FN3O6/c1-26-22(30)21(4-3-13-29)28-23(31)19-6-5-18(14-20(19)24(28)32)34-15-16(25)7-10-27-11-8-17(33-2)9-12-27/h5-6,13-14,16-17,21H,3-4,7-12,15H2,1-2H3,(H,26,30). The van der Waals surface area contributed by atoms with Crippen molar-refractivity contribution in [2.75, 3.05) is 40.4 Å². The number of carbonyl (C=O) groups is 4. The Labute approximate surface area is 198 Å². The van der Waals surface area contributed by atoms with E-state index in [1.807, 2.05) is 0 Å². The quantitative estimate of drug-likeness (QED) is 0.360. The van der Waals surface area contributed by atoms with Crippen molar-refractivity contribution in [3.05, 3.63) is 29.3 Å². The fraction of sp³-hybridized carbons (Fsp3) is 0.583. The van der Waals surface area contributed by atoms with Crippen LogP contribution in [-0.2, 0) is 14.3 Å². The van der Waals surface area contributed by atoms with Gasteiger partial charge in [0.1, 0.15) is 30.9 Å². The summed E-state index contributed by atoms with van der Waals surface area (Å²) in [5.74, 6) is -1.50. The van der Waals surface area contributed by atoms with Gasteiger partial charge in [0.05, 0.1) is 17.2 Å². The van der Waals surface area contributed by atoms with Crippen LogP contribution < -0.4 is 10.1 Å². The minimum absolute atomic E-state index is 0.0299. The molecule has 10 heteroatoms. The predicted octanol–water partition coefficient (Wildman–Crippen LogP) is 1.59. The molecule has 0 spiro atoms. The zero-order valence-corrected chi connectivity index (χ0v) is 19.6. The largest absolute Gasteiger partial charge is 0.491 e. The van der Waals surface area contributed by atoms with Crippen molar-refractivity contribution in [1.29, 1.82) is 0 Å². The highest BCUT2D eigenvalue weighted by atomic mass is 19.1. The number of hydrogen-bond acceptors (Lipinski definition) is 7. The van der Waals surface area contributed by atoms with Crippen molar-refractivity contribution in [3.63, 3.8) is 0 Å². The first-order chi connectivity index (χ1) is 16.4. The topological polar surface area (TPSA) is 105 Å². The van der Waals surface area contributed by atoms with Gasteiger partial charge in [-0.25, -0.2) is 4.39 Å². The number of benzene rings is 1. The maximum absolute atomic E-state index is 14.4. The second-order valence-corrected chi connectivity index (χ2v) is 8.54. The van der Waals surface area contributed by atoms with E-state index in [-0.39, 0.29) is 42.4 Å². The van der Waals surface area contributed by atoms with Gasteiger partial charge in [-0.15, -0.1) is 0 Å². The first-order valence-corrected chi connectivity index (χ1v) is 11.6. The van der Waals surface area contributed by atoms with E-state index in [9.17, 15) is 23.6 Å². The number of nitrogens with one attached hydrogen (secondary N) is 1. The van der Waals surface area contributed by atoms with E-state index in [0.29, 0.717) is 19.3 Å². The zero-order chi connectivity index (χ0) is 24.7. The summed E-state index contributed by atoms with van der Waals surface area (Å²) in [5.41, 5.74) is 0.243. The molecule has 9 nitrogen and oxygen atoms in total. The molecule has 186 valence electrons. The SMILES string of the molecule is CNC(=O)C(CCC=O)N1C(=O)c2ccc(OCC(F)CCN3CCC(OC)CC3)cc2C1=O. The van der Waals surface area contributed by atoms with Crippen LogP contribution in [0.5, 0.6) is 5.75 Å². The molecule has 2 unspecified atom stereocenters. The van der Waals surface area contributed by atoms with Gasteiger partial charge in [-0.3, -0.25) is 19.3 Å². The predicted molar refractivity (Wildman–Crippen MR) is 122 cm³/mol. The van der Waals surface area contributed by atoms with Gasteiger partial charge >= 0.3 is 0 Å². The van der Waals surface area contributed by atoms with Gasteiger partial charge in [0.2, 0.25) is 5.91 Å². The fourth-order valence-electron chi connectivity index (χ4n) is 4.34. The molecular weight excluding hydrogens is 445 g/mol. The summed E-state index contributed by atoms with van der Waals surface area (Å²) < 4.78 is 25.3. The van der Waals surface area contributed by atoms with E-state index < -0.39 is 29.9 Å². The van der Waals surface area contributed by atoms with Crippen molar-refractivity contribution >= 4 is 24.0 Å². The van der Waals surface area contributed by atoms with Gasteiger partial charge in [-0.05, 0) is 43.9 Å². The van der Waals surface area contributed by atoms with Gasteiger partial charge in [0.25, 0.3) is 11.8 Å². The Kier molecular flexibility index (Phi) is 9.12. The summed E-state index contributed by atoms with van der Waals surface area (Å²) in [6, 6.07) is 3.27. The number of fused-ring (bicyclic) bond motifs is 1. The van der Waals surface area contributed by atoms with Crippen LogP contribution in [0.15, 0.2) is 18.2 Å². The fourth-order valence-corrected chi connectivity index (χ4v) is 4.34. The normalized spacial score (nSPS) is 18.5. The lowest BCUT2D eigenvalue weighted by Crippen LogP contribution is -2.48. The Bertz CT molecular complexity index is 903. The lowest BCUT2D eigenvalue weighted by molar-refractivity contribution is -0.124. The summed E-state index contributed by atoms with van der Waals surface area (Å²) in [4.78, 5) is 51.9. The molecule has 2 aliphatic heterocycles. The summed E-state index contributed by atoms with van der Waals surface area (Å²) in [6.07, 6.45) is 2.02. The molecule has 34 heavy (non-hydrogen) atoms. The number of hydrogen-bond donors (Lipinski definition) is 1. The van der Waals surface area contributed by atoms with Gasteiger partial charge in [0.15, 0.2) is 0 Å². The molecule has 0 bridgehead atoms. The third-order valence-electron chi connectivity index (χ3n) is 6.37. The number of imide groups is 1. The highest BCUT2D eigenvalue weighted by Crippen LogP contribution is 2.29. The summed E-state index contributed by atoms with van der Waals surface area (Å²) in [7, 11) is 3.11. The number of likely N-dealkylation sites (N-methyl/N-ethyl adjacent to an activating group) is 1. The monoisotopic (exact) mass is 477 g/mol. The van der Waals surface area contributed by atoms with Crippen molar-refractivity contribution < 1.29 is 33.0 Å². The molecule has 1 aromatic rings. The summed E-state index contributed by atoms with van der Waals surface area (Å²) in [5, 5.41) is 2.43. The highest BCUT2D eigenvalue weighted by molar-refractivity contribution is 6.23. The number of ether oxygens (including phenoxy) is 2. The Hall–Kier alpha value is -2.85. The smallest absolute Gasteiger partial charge is 0.262 e. The molecule has 2 atom stereocenters. The van der Waals surface area contributed by atoms with Crippen LogP contribution in [0.4, 0.5) is 4.39 Å². The maximum Gasteiger partial charge on any atom is 0.262 e. The molecule has 0 saturated carbocycles. The molecule has 3 amide bonds. The lowest BCUT2D eigenvalue weighted by Gasteiger charge is -2.31.